The van der Waals surface area contributed by atoms with Crippen molar-refractivity contribution in [1.82, 2.24) is 5.32 Å². The van der Waals surface area contributed by atoms with E-state index in [0.717, 1.165) is 12.3 Å². The second-order valence-corrected chi connectivity index (χ2v) is 6.24. The molecule has 3 rings (SSSR count). The van der Waals surface area contributed by atoms with Gasteiger partial charge in [0.1, 0.15) is 18.2 Å². The van der Waals surface area contributed by atoms with E-state index < -0.39 is 0 Å². The van der Waals surface area contributed by atoms with E-state index in [1.807, 2.05) is 24.3 Å². The molecule has 0 atom stereocenters. The Morgan fingerprint density at radius 2 is 1.79 bits per heavy atom. The topological polar surface area (TPSA) is 21.3 Å². The van der Waals surface area contributed by atoms with Gasteiger partial charge in [0, 0.05) is 18.2 Å². The molecule has 4 heteroatoms. The molecular formula is C20H25ClFNO. The first kappa shape index (κ1) is 18.8. The zero-order valence-electron chi connectivity index (χ0n) is 13.8. The van der Waals surface area contributed by atoms with E-state index in [4.69, 9.17) is 4.74 Å². The molecule has 2 nitrogen and oxygen atoms in total. The number of halogens is 2. The molecule has 0 radical (unpaired) electrons. The Balaban J connectivity index is 0.00000208. The second kappa shape index (κ2) is 9.65. The third kappa shape index (κ3) is 5.50. The Labute approximate surface area is 149 Å². The van der Waals surface area contributed by atoms with Gasteiger partial charge in [-0.15, -0.1) is 12.4 Å². The average molecular weight is 350 g/mol. The molecule has 1 aliphatic carbocycles. The van der Waals surface area contributed by atoms with E-state index in [9.17, 15) is 4.39 Å². The summed E-state index contributed by atoms with van der Waals surface area (Å²) in [5, 5.41) is 3.63. The fraction of sp³-hybridized carbons (Fsp3) is 0.400. The third-order valence-corrected chi connectivity index (χ3v) is 4.45. The Bertz CT molecular complexity index is 629. The minimum atomic E-state index is -0.220. The van der Waals surface area contributed by atoms with Crippen molar-refractivity contribution in [2.75, 3.05) is 0 Å². The van der Waals surface area contributed by atoms with Crippen molar-refractivity contribution < 1.29 is 9.13 Å². The first-order valence-electron chi connectivity index (χ1n) is 8.50. The summed E-state index contributed by atoms with van der Waals surface area (Å²) in [6.07, 6.45) is 6.61. The van der Waals surface area contributed by atoms with Gasteiger partial charge < -0.3 is 10.1 Å². The lowest BCUT2D eigenvalue weighted by Crippen LogP contribution is -2.30. The molecule has 0 aromatic heterocycles. The van der Waals surface area contributed by atoms with Gasteiger partial charge in [-0.1, -0.05) is 49.6 Å². The SMILES string of the molecule is Cl.Fc1ccccc1COc1cccc(CNC2CCCCC2)c1. The van der Waals surface area contributed by atoms with Crippen molar-refractivity contribution >= 4 is 12.4 Å². The van der Waals surface area contributed by atoms with Gasteiger partial charge in [0.15, 0.2) is 0 Å². The lowest BCUT2D eigenvalue weighted by Gasteiger charge is -2.23. The van der Waals surface area contributed by atoms with Gasteiger partial charge in [-0.2, -0.15) is 0 Å². The zero-order chi connectivity index (χ0) is 15.9. The zero-order valence-corrected chi connectivity index (χ0v) is 14.7. The highest BCUT2D eigenvalue weighted by atomic mass is 35.5. The Morgan fingerprint density at radius 1 is 1.00 bits per heavy atom. The molecule has 0 bridgehead atoms. The van der Waals surface area contributed by atoms with E-state index in [1.165, 1.54) is 43.7 Å². The minimum Gasteiger partial charge on any atom is -0.489 e. The van der Waals surface area contributed by atoms with Gasteiger partial charge in [-0.05, 0) is 36.6 Å². The maximum Gasteiger partial charge on any atom is 0.129 e. The second-order valence-electron chi connectivity index (χ2n) is 6.24. The fourth-order valence-corrected chi connectivity index (χ4v) is 3.09. The van der Waals surface area contributed by atoms with Crippen LogP contribution < -0.4 is 10.1 Å². The number of hydrogen-bond acceptors (Lipinski definition) is 2. The van der Waals surface area contributed by atoms with Crippen molar-refractivity contribution in [3.05, 3.63) is 65.5 Å². The molecule has 1 aliphatic rings. The van der Waals surface area contributed by atoms with Crippen LogP contribution in [0.3, 0.4) is 0 Å². The summed E-state index contributed by atoms with van der Waals surface area (Å²) in [6.45, 7) is 1.12. The van der Waals surface area contributed by atoms with E-state index in [2.05, 4.69) is 11.4 Å². The molecule has 0 saturated heterocycles. The molecule has 130 valence electrons. The molecule has 24 heavy (non-hydrogen) atoms. The third-order valence-electron chi connectivity index (χ3n) is 4.45. The van der Waals surface area contributed by atoms with Gasteiger partial charge in [-0.25, -0.2) is 4.39 Å². The van der Waals surface area contributed by atoms with Crippen LogP contribution in [0.2, 0.25) is 0 Å². The fourth-order valence-electron chi connectivity index (χ4n) is 3.09. The van der Waals surface area contributed by atoms with Gasteiger partial charge in [0.2, 0.25) is 0 Å². The maximum absolute atomic E-state index is 13.6. The van der Waals surface area contributed by atoms with E-state index in [1.54, 1.807) is 12.1 Å². The lowest BCUT2D eigenvalue weighted by atomic mass is 9.95. The number of hydrogen-bond donors (Lipinski definition) is 1. The molecule has 1 N–H and O–H groups in total. The predicted molar refractivity (Wildman–Crippen MR) is 98.1 cm³/mol. The standard InChI is InChI=1S/C20H24FNO.ClH/c21-20-12-5-4-8-17(20)15-23-19-11-6-7-16(13-19)14-22-18-9-2-1-3-10-18;/h4-8,11-13,18,22H,1-3,9-10,14-15H2;1H. The molecule has 2 aromatic rings. The minimum absolute atomic E-state index is 0. The molecule has 0 amide bonds. The van der Waals surface area contributed by atoms with Crippen molar-refractivity contribution in [3.63, 3.8) is 0 Å². The maximum atomic E-state index is 13.6. The smallest absolute Gasteiger partial charge is 0.129 e. The molecule has 2 aromatic carbocycles. The van der Waals surface area contributed by atoms with Crippen LogP contribution in [-0.2, 0) is 13.2 Å². The predicted octanol–water partition coefficient (Wildman–Crippen LogP) is 5.25. The molecule has 0 unspecified atom stereocenters. The van der Waals surface area contributed by atoms with Crippen LogP contribution in [-0.4, -0.2) is 6.04 Å². The summed E-state index contributed by atoms with van der Waals surface area (Å²) in [6, 6.07) is 15.4. The van der Waals surface area contributed by atoms with E-state index in [-0.39, 0.29) is 24.8 Å². The van der Waals surface area contributed by atoms with Crippen LogP contribution in [0.1, 0.15) is 43.2 Å². The number of rotatable bonds is 6. The first-order valence-corrected chi connectivity index (χ1v) is 8.50. The van der Waals surface area contributed by atoms with Crippen molar-refractivity contribution in [2.45, 2.75) is 51.3 Å². The van der Waals surface area contributed by atoms with Gasteiger partial charge in [0.25, 0.3) is 0 Å². The molecular weight excluding hydrogens is 325 g/mol. The van der Waals surface area contributed by atoms with Crippen LogP contribution in [0.25, 0.3) is 0 Å². The summed E-state index contributed by atoms with van der Waals surface area (Å²) in [7, 11) is 0. The Hall–Kier alpha value is -1.58. The van der Waals surface area contributed by atoms with Gasteiger partial charge in [0.05, 0.1) is 0 Å². The summed E-state index contributed by atoms with van der Waals surface area (Å²) in [5.41, 5.74) is 1.79. The van der Waals surface area contributed by atoms with Crippen LogP contribution >= 0.6 is 12.4 Å². The largest absolute Gasteiger partial charge is 0.489 e. The molecule has 0 heterocycles. The van der Waals surface area contributed by atoms with Crippen molar-refractivity contribution in [1.29, 1.82) is 0 Å². The van der Waals surface area contributed by atoms with Crippen molar-refractivity contribution in [2.24, 2.45) is 0 Å². The van der Waals surface area contributed by atoms with Gasteiger partial charge >= 0.3 is 0 Å². The highest BCUT2D eigenvalue weighted by molar-refractivity contribution is 5.85. The summed E-state index contributed by atoms with van der Waals surface area (Å²) >= 11 is 0. The summed E-state index contributed by atoms with van der Waals surface area (Å²) in [5.74, 6) is 0.568. The van der Waals surface area contributed by atoms with E-state index in [0.29, 0.717) is 11.6 Å². The van der Waals surface area contributed by atoms with Crippen LogP contribution in [0.4, 0.5) is 4.39 Å². The lowest BCUT2D eigenvalue weighted by molar-refractivity contribution is 0.299. The summed E-state index contributed by atoms with van der Waals surface area (Å²) < 4.78 is 19.3. The summed E-state index contributed by atoms with van der Waals surface area (Å²) in [4.78, 5) is 0. The van der Waals surface area contributed by atoms with Crippen molar-refractivity contribution in [3.8, 4) is 5.75 Å². The van der Waals surface area contributed by atoms with Crippen LogP contribution in [0, 0.1) is 5.82 Å². The number of nitrogens with one attached hydrogen (secondary N) is 1. The van der Waals surface area contributed by atoms with Crippen LogP contribution in [0.15, 0.2) is 48.5 Å². The van der Waals surface area contributed by atoms with E-state index >= 15 is 0 Å². The molecule has 1 saturated carbocycles. The Kier molecular flexibility index (Phi) is 7.54. The number of ether oxygens (including phenoxy) is 1. The quantitative estimate of drug-likeness (QED) is 0.769. The highest BCUT2D eigenvalue weighted by Gasteiger charge is 2.12. The monoisotopic (exact) mass is 349 g/mol. The average Bonchev–Trinajstić information content (AvgIpc) is 2.61. The molecule has 0 spiro atoms. The normalized spacial score (nSPS) is 14.9. The van der Waals surface area contributed by atoms with Crippen LogP contribution in [0.5, 0.6) is 5.75 Å². The number of benzene rings is 2. The van der Waals surface area contributed by atoms with Gasteiger partial charge in [-0.3, -0.25) is 0 Å². The first-order chi connectivity index (χ1) is 11.3. The Morgan fingerprint density at radius 3 is 2.58 bits per heavy atom. The molecule has 0 aliphatic heterocycles. The highest BCUT2D eigenvalue weighted by Crippen LogP contribution is 2.19. The molecule has 1 fully saturated rings.